The summed E-state index contributed by atoms with van der Waals surface area (Å²) >= 11 is 0. The summed E-state index contributed by atoms with van der Waals surface area (Å²) in [6.45, 7) is 10.1. The minimum absolute atomic E-state index is 0. The maximum Gasteiger partial charge on any atom is 0.258 e. The highest BCUT2D eigenvalue weighted by atomic mass is 35.5. The second-order valence-electron chi connectivity index (χ2n) is 7.26. The van der Waals surface area contributed by atoms with Gasteiger partial charge < -0.3 is 25.2 Å². The summed E-state index contributed by atoms with van der Waals surface area (Å²) in [5.74, 6) is 1.06. The van der Waals surface area contributed by atoms with E-state index in [1.165, 1.54) is 0 Å². The van der Waals surface area contributed by atoms with E-state index in [0.29, 0.717) is 18.1 Å². The summed E-state index contributed by atoms with van der Waals surface area (Å²) in [6, 6.07) is 5.76. The number of rotatable bonds is 12. The summed E-state index contributed by atoms with van der Waals surface area (Å²) < 4.78 is 11.3. The molecule has 0 aliphatic rings. The topological polar surface area (TPSA) is 79.8 Å². The number of hydrogen-bond acceptors (Lipinski definition) is 5. The molecule has 7 heteroatoms. The number of ether oxygens (including phenoxy) is 2. The maximum absolute atomic E-state index is 11.9. The molecule has 0 spiro atoms. The summed E-state index contributed by atoms with van der Waals surface area (Å²) in [6.07, 6.45) is 2.92. The zero-order valence-corrected chi connectivity index (χ0v) is 17.8. The molecule has 6 nitrogen and oxygen atoms in total. The fourth-order valence-electron chi connectivity index (χ4n) is 2.42. The third-order valence-corrected chi connectivity index (χ3v) is 3.52. The van der Waals surface area contributed by atoms with Crippen molar-refractivity contribution >= 4 is 18.3 Å². The van der Waals surface area contributed by atoms with E-state index < -0.39 is 0 Å². The second-order valence-corrected chi connectivity index (χ2v) is 7.26. The maximum atomic E-state index is 11.9. The van der Waals surface area contributed by atoms with Crippen LogP contribution in [0, 0.1) is 0 Å². The number of hydrogen-bond donors (Lipinski definition) is 3. The fourth-order valence-corrected chi connectivity index (χ4v) is 2.42. The van der Waals surface area contributed by atoms with Crippen LogP contribution in [0.15, 0.2) is 18.2 Å². The minimum atomic E-state index is -0.282. The Morgan fingerprint density at radius 3 is 2.48 bits per heavy atom. The first kappa shape index (κ1) is 25.5. The number of benzene rings is 1. The number of carbonyl (C=O) groups excluding carboxylic acids is 1. The van der Waals surface area contributed by atoms with E-state index in [1.807, 2.05) is 45.9 Å². The zero-order chi connectivity index (χ0) is 19.4. The Morgan fingerprint density at radius 1 is 1.11 bits per heavy atom. The van der Waals surface area contributed by atoms with Gasteiger partial charge in [-0.3, -0.25) is 4.79 Å². The Kier molecular flexibility index (Phi) is 12.9. The molecule has 156 valence electrons. The van der Waals surface area contributed by atoms with E-state index in [2.05, 4.69) is 10.6 Å². The van der Waals surface area contributed by atoms with Crippen LogP contribution < -0.4 is 20.1 Å². The molecule has 1 amide bonds. The Hall–Kier alpha value is -1.50. The Labute approximate surface area is 169 Å². The third-order valence-electron chi connectivity index (χ3n) is 3.52. The molecule has 1 rings (SSSR count). The van der Waals surface area contributed by atoms with Crippen molar-refractivity contribution in [2.75, 3.05) is 26.4 Å². The highest BCUT2D eigenvalue weighted by Crippen LogP contribution is 2.28. The van der Waals surface area contributed by atoms with Gasteiger partial charge in [0.15, 0.2) is 18.1 Å². The summed E-state index contributed by atoms with van der Waals surface area (Å²) in [4.78, 5) is 11.9. The molecule has 0 aliphatic carbocycles. The summed E-state index contributed by atoms with van der Waals surface area (Å²) in [5, 5.41) is 15.0. The average molecular weight is 403 g/mol. The number of aliphatic hydroxyl groups is 1. The van der Waals surface area contributed by atoms with Crippen LogP contribution in [0.3, 0.4) is 0 Å². The van der Waals surface area contributed by atoms with Crippen LogP contribution in [0.2, 0.25) is 0 Å². The standard InChI is InChI=1S/C20H34N2O4.ClH/c1-5-25-18-13-16(14-21-11-7-6-8-12-23)9-10-17(18)26-15-19(24)22-20(2,3)4;/h9-10,13,21,23H,5-8,11-12,14-15H2,1-4H3,(H,22,24);1H. The molecule has 1 aromatic rings. The van der Waals surface area contributed by atoms with Gasteiger partial charge in [0.2, 0.25) is 0 Å². The molecule has 0 bridgehead atoms. The lowest BCUT2D eigenvalue weighted by atomic mass is 10.1. The van der Waals surface area contributed by atoms with E-state index in [9.17, 15) is 4.79 Å². The van der Waals surface area contributed by atoms with Crippen molar-refractivity contribution in [3.63, 3.8) is 0 Å². The van der Waals surface area contributed by atoms with E-state index >= 15 is 0 Å². The second kappa shape index (κ2) is 13.6. The molecular weight excluding hydrogens is 368 g/mol. The number of aliphatic hydroxyl groups excluding tert-OH is 1. The summed E-state index contributed by atoms with van der Waals surface area (Å²) in [5.41, 5.74) is 0.817. The van der Waals surface area contributed by atoms with Gasteiger partial charge >= 0.3 is 0 Å². The molecule has 27 heavy (non-hydrogen) atoms. The minimum Gasteiger partial charge on any atom is -0.490 e. The van der Waals surface area contributed by atoms with Gasteiger partial charge in [0.1, 0.15) is 0 Å². The van der Waals surface area contributed by atoms with Crippen LogP contribution in [0.4, 0.5) is 0 Å². The van der Waals surface area contributed by atoms with Gasteiger partial charge in [-0.2, -0.15) is 0 Å². The predicted octanol–water partition coefficient (Wildman–Crippen LogP) is 3.05. The van der Waals surface area contributed by atoms with Crippen molar-refractivity contribution in [1.29, 1.82) is 0 Å². The third kappa shape index (κ3) is 11.7. The van der Waals surface area contributed by atoms with Crippen molar-refractivity contribution in [2.24, 2.45) is 0 Å². The zero-order valence-electron chi connectivity index (χ0n) is 17.0. The van der Waals surface area contributed by atoms with Gasteiger partial charge in [0.25, 0.3) is 5.91 Å². The Bertz CT molecular complexity index is 547. The van der Waals surface area contributed by atoms with E-state index in [1.54, 1.807) is 0 Å². The van der Waals surface area contributed by atoms with Crippen molar-refractivity contribution in [2.45, 2.75) is 59.0 Å². The number of carbonyl (C=O) groups is 1. The molecule has 0 aliphatic heterocycles. The molecule has 0 aromatic heterocycles. The van der Waals surface area contributed by atoms with Crippen LogP contribution in [0.5, 0.6) is 11.5 Å². The van der Waals surface area contributed by atoms with Crippen LogP contribution in [-0.4, -0.2) is 42.9 Å². The molecule has 0 heterocycles. The van der Waals surface area contributed by atoms with Crippen molar-refractivity contribution in [3.05, 3.63) is 23.8 Å². The summed E-state index contributed by atoms with van der Waals surface area (Å²) in [7, 11) is 0. The Morgan fingerprint density at radius 2 is 1.85 bits per heavy atom. The van der Waals surface area contributed by atoms with Crippen LogP contribution in [0.25, 0.3) is 0 Å². The SMILES string of the molecule is CCOc1cc(CNCCCCCO)ccc1OCC(=O)NC(C)(C)C.Cl. The van der Waals surface area contributed by atoms with Crippen molar-refractivity contribution < 1.29 is 19.4 Å². The van der Waals surface area contributed by atoms with Crippen LogP contribution in [0.1, 0.15) is 52.5 Å². The number of halogens is 1. The normalized spacial score (nSPS) is 10.9. The average Bonchev–Trinajstić information content (AvgIpc) is 2.56. The molecule has 0 unspecified atom stereocenters. The molecule has 3 N–H and O–H groups in total. The molecule has 0 radical (unpaired) electrons. The predicted molar refractivity (Wildman–Crippen MR) is 111 cm³/mol. The van der Waals surface area contributed by atoms with Gasteiger partial charge in [0.05, 0.1) is 6.61 Å². The number of amides is 1. The molecule has 0 atom stereocenters. The Balaban J connectivity index is 0.00000676. The van der Waals surface area contributed by atoms with Gasteiger partial charge in [-0.05, 0) is 71.2 Å². The molecule has 0 fully saturated rings. The smallest absolute Gasteiger partial charge is 0.258 e. The number of unbranched alkanes of at least 4 members (excludes halogenated alkanes) is 2. The molecule has 0 saturated heterocycles. The van der Waals surface area contributed by atoms with Gasteiger partial charge in [-0.15, -0.1) is 12.4 Å². The van der Waals surface area contributed by atoms with Gasteiger partial charge in [-0.1, -0.05) is 6.07 Å². The molecule has 0 saturated carbocycles. The highest BCUT2D eigenvalue weighted by Gasteiger charge is 2.15. The van der Waals surface area contributed by atoms with Gasteiger partial charge in [-0.25, -0.2) is 0 Å². The number of nitrogens with one attached hydrogen (secondary N) is 2. The first-order valence-electron chi connectivity index (χ1n) is 9.37. The molecule has 1 aromatic carbocycles. The largest absolute Gasteiger partial charge is 0.490 e. The first-order chi connectivity index (χ1) is 12.4. The van der Waals surface area contributed by atoms with Gasteiger partial charge in [0, 0.05) is 18.7 Å². The van der Waals surface area contributed by atoms with Crippen molar-refractivity contribution in [1.82, 2.24) is 10.6 Å². The fraction of sp³-hybridized carbons (Fsp3) is 0.650. The quantitative estimate of drug-likeness (QED) is 0.468. The van der Waals surface area contributed by atoms with Crippen LogP contribution in [-0.2, 0) is 11.3 Å². The lowest BCUT2D eigenvalue weighted by Gasteiger charge is -2.21. The monoisotopic (exact) mass is 402 g/mol. The molecular formula is C20H35ClN2O4. The lowest BCUT2D eigenvalue weighted by Crippen LogP contribution is -2.43. The van der Waals surface area contributed by atoms with E-state index in [-0.39, 0.29) is 37.1 Å². The van der Waals surface area contributed by atoms with E-state index in [4.69, 9.17) is 14.6 Å². The van der Waals surface area contributed by atoms with E-state index in [0.717, 1.165) is 37.9 Å². The highest BCUT2D eigenvalue weighted by molar-refractivity contribution is 5.85. The van der Waals surface area contributed by atoms with Crippen molar-refractivity contribution in [3.8, 4) is 11.5 Å². The lowest BCUT2D eigenvalue weighted by molar-refractivity contribution is -0.124. The van der Waals surface area contributed by atoms with Crippen LogP contribution >= 0.6 is 12.4 Å². The first-order valence-corrected chi connectivity index (χ1v) is 9.37.